The van der Waals surface area contributed by atoms with Crippen molar-refractivity contribution in [3.8, 4) is 44.5 Å². The van der Waals surface area contributed by atoms with Crippen LogP contribution in [0.3, 0.4) is 0 Å². The predicted molar refractivity (Wildman–Crippen MR) is 301 cm³/mol. The molecule has 1 aliphatic carbocycles. The number of hydrogen-bond acceptors (Lipinski definition) is 3. The largest absolute Gasteiger partial charge is 0.310 e. The van der Waals surface area contributed by atoms with Crippen molar-refractivity contribution in [3.05, 3.63) is 283 Å². The summed E-state index contributed by atoms with van der Waals surface area (Å²) >= 11 is 3.74. The third-order valence-electron chi connectivity index (χ3n) is 14.6. The molecule has 0 radical (unpaired) electrons. The van der Waals surface area contributed by atoms with E-state index in [1.54, 1.807) is 0 Å². The molecule has 0 saturated carbocycles. The smallest absolute Gasteiger partial charge is 0.0713 e. The van der Waals surface area contributed by atoms with E-state index >= 15 is 0 Å². The van der Waals surface area contributed by atoms with E-state index in [1.165, 1.54) is 107 Å². The van der Waals surface area contributed by atoms with Gasteiger partial charge in [0.15, 0.2) is 0 Å². The minimum absolute atomic E-state index is 0.465. The van der Waals surface area contributed by atoms with Gasteiger partial charge in [-0.3, -0.25) is 0 Å². The minimum atomic E-state index is -0.465. The maximum absolute atomic E-state index is 2.43. The quantitative estimate of drug-likeness (QED) is 0.147. The lowest BCUT2D eigenvalue weighted by Crippen LogP contribution is -2.28. The third-order valence-corrected chi connectivity index (χ3v) is 16.9. The molecule has 0 unspecified atom stereocenters. The summed E-state index contributed by atoms with van der Waals surface area (Å²) in [6.45, 7) is 0. The van der Waals surface area contributed by atoms with Gasteiger partial charge in [0.05, 0.1) is 5.41 Å². The Bertz CT molecular complexity index is 4070. The van der Waals surface area contributed by atoms with Crippen molar-refractivity contribution >= 4 is 80.1 Å². The molecule has 0 fully saturated rings. The van der Waals surface area contributed by atoms with Gasteiger partial charge in [0.2, 0.25) is 0 Å². The van der Waals surface area contributed by atoms with Crippen LogP contribution in [-0.4, -0.2) is 0 Å². The van der Waals surface area contributed by atoms with Crippen LogP contribution in [0.4, 0.5) is 17.1 Å². The molecular weight excluding hydrogens is 883 g/mol. The average Bonchev–Trinajstić information content (AvgIpc) is 4.10. The number of rotatable bonds is 8. The van der Waals surface area contributed by atoms with Crippen molar-refractivity contribution in [3.63, 3.8) is 0 Å². The van der Waals surface area contributed by atoms with Gasteiger partial charge in [-0.1, -0.05) is 194 Å². The Balaban J connectivity index is 0.895. The Morgan fingerprint density at radius 3 is 1.49 bits per heavy atom. The number of thiophene rings is 2. The van der Waals surface area contributed by atoms with Gasteiger partial charge in [-0.2, -0.15) is 0 Å². The van der Waals surface area contributed by atoms with Gasteiger partial charge in [-0.25, -0.2) is 0 Å². The molecular formula is C67H43NS2. The maximum Gasteiger partial charge on any atom is 0.0713 e. The second-order valence-electron chi connectivity index (χ2n) is 18.4. The van der Waals surface area contributed by atoms with Crippen LogP contribution < -0.4 is 4.90 Å². The Kier molecular flexibility index (Phi) is 9.55. The van der Waals surface area contributed by atoms with Crippen LogP contribution >= 0.6 is 22.7 Å². The van der Waals surface area contributed by atoms with Crippen LogP contribution in [0.25, 0.3) is 84.9 Å². The molecule has 13 aromatic rings. The predicted octanol–water partition coefficient (Wildman–Crippen LogP) is 19.3. The van der Waals surface area contributed by atoms with Crippen LogP contribution in [0, 0.1) is 0 Å². The summed E-state index contributed by atoms with van der Waals surface area (Å²) in [4.78, 5) is 2.43. The summed E-state index contributed by atoms with van der Waals surface area (Å²) in [5.41, 5.74) is 17.8. The minimum Gasteiger partial charge on any atom is -0.310 e. The molecule has 0 N–H and O–H groups in total. The zero-order valence-corrected chi connectivity index (χ0v) is 39.7. The van der Waals surface area contributed by atoms with Gasteiger partial charge < -0.3 is 4.90 Å². The first-order valence-corrected chi connectivity index (χ1v) is 25.6. The molecule has 0 saturated heterocycles. The molecule has 11 aromatic carbocycles. The van der Waals surface area contributed by atoms with E-state index in [1.807, 2.05) is 22.7 Å². The Morgan fingerprint density at radius 1 is 0.271 bits per heavy atom. The van der Waals surface area contributed by atoms with Gasteiger partial charge in [0.1, 0.15) is 0 Å². The molecule has 14 rings (SSSR count). The molecule has 2 heterocycles. The highest BCUT2D eigenvalue weighted by molar-refractivity contribution is 7.26. The summed E-state index contributed by atoms with van der Waals surface area (Å²) in [7, 11) is 0. The lowest BCUT2D eigenvalue weighted by atomic mass is 9.68. The normalized spacial score (nSPS) is 12.7. The van der Waals surface area contributed by atoms with Crippen molar-refractivity contribution in [1.29, 1.82) is 0 Å². The molecule has 0 bridgehead atoms. The molecule has 0 spiro atoms. The van der Waals surface area contributed by atoms with Crippen molar-refractivity contribution < 1.29 is 0 Å². The highest BCUT2D eigenvalue weighted by Gasteiger charge is 2.46. The lowest BCUT2D eigenvalue weighted by Gasteiger charge is -2.34. The number of anilines is 3. The standard InChI is InChI=1S/C67H43NS2/c1-3-17-49(18-4-1)67(50-19-5-2-6-20-50)61-26-10-7-21-55(61)59-43-53(38-39-62(59)67)68(52-36-31-45(32-37-52)47-33-40-65-60(42-47)57-23-9-11-27-63(57)69-65)51-34-29-44(30-35-51)46-15-13-16-48(41-46)54-24-14-25-58-56-22-8-12-28-64(56)70-66(54)58/h1-43H. The number of fused-ring (bicyclic) bond motifs is 9. The van der Waals surface area contributed by atoms with Gasteiger partial charge in [0, 0.05) is 57.4 Å². The number of benzene rings is 11. The molecule has 70 heavy (non-hydrogen) atoms. The lowest BCUT2D eigenvalue weighted by molar-refractivity contribution is 0.768. The van der Waals surface area contributed by atoms with Crippen LogP contribution in [-0.2, 0) is 5.41 Å². The molecule has 1 nitrogen and oxygen atoms in total. The van der Waals surface area contributed by atoms with Gasteiger partial charge in [0.25, 0.3) is 0 Å². The monoisotopic (exact) mass is 925 g/mol. The zero-order valence-electron chi connectivity index (χ0n) is 38.1. The fourth-order valence-corrected chi connectivity index (χ4v) is 13.7. The first-order valence-electron chi connectivity index (χ1n) is 24.0. The second kappa shape index (κ2) is 16.4. The second-order valence-corrected chi connectivity index (χ2v) is 20.5. The van der Waals surface area contributed by atoms with E-state index in [0.717, 1.165) is 17.1 Å². The van der Waals surface area contributed by atoms with E-state index in [0.29, 0.717) is 0 Å². The van der Waals surface area contributed by atoms with Crippen LogP contribution in [0.1, 0.15) is 22.3 Å². The van der Waals surface area contributed by atoms with Crippen molar-refractivity contribution in [2.75, 3.05) is 4.90 Å². The zero-order chi connectivity index (χ0) is 46.2. The highest BCUT2D eigenvalue weighted by Crippen LogP contribution is 2.57. The molecule has 3 heteroatoms. The summed E-state index contributed by atoms with van der Waals surface area (Å²) in [6, 6.07) is 96.7. The van der Waals surface area contributed by atoms with Gasteiger partial charge in [-0.15, -0.1) is 22.7 Å². The van der Waals surface area contributed by atoms with Gasteiger partial charge >= 0.3 is 0 Å². The van der Waals surface area contributed by atoms with Crippen LogP contribution in [0.2, 0.25) is 0 Å². The Hall–Kier alpha value is -8.34. The Morgan fingerprint density at radius 2 is 0.771 bits per heavy atom. The number of nitrogens with zero attached hydrogens (tertiary/aromatic N) is 1. The molecule has 0 amide bonds. The van der Waals surface area contributed by atoms with Crippen LogP contribution in [0.15, 0.2) is 261 Å². The fraction of sp³-hybridized carbons (Fsp3) is 0.0149. The SMILES string of the molecule is c1ccc(C2(c3ccccc3)c3ccccc3-c3cc(N(c4ccc(-c5cccc(-c6cccc7c6sc6ccccc67)c5)cc4)c4ccc(-c5ccc6sc7ccccc7c6c5)cc4)ccc32)cc1. The van der Waals surface area contributed by atoms with Crippen molar-refractivity contribution in [1.82, 2.24) is 0 Å². The maximum atomic E-state index is 2.43. The Labute approximate surface area is 415 Å². The van der Waals surface area contributed by atoms with Crippen molar-refractivity contribution in [2.45, 2.75) is 5.41 Å². The summed E-state index contributed by atoms with van der Waals surface area (Å²) in [6.07, 6.45) is 0. The summed E-state index contributed by atoms with van der Waals surface area (Å²) in [5, 5.41) is 5.27. The number of hydrogen-bond donors (Lipinski definition) is 0. The highest BCUT2D eigenvalue weighted by atomic mass is 32.1. The first kappa shape index (κ1) is 40.7. The van der Waals surface area contributed by atoms with E-state index in [9.17, 15) is 0 Å². The molecule has 2 aromatic heterocycles. The average molecular weight is 926 g/mol. The molecule has 0 aliphatic heterocycles. The first-order chi connectivity index (χ1) is 34.7. The van der Waals surface area contributed by atoms with E-state index in [2.05, 4.69) is 266 Å². The molecule has 328 valence electrons. The third kappa shape index (κ3) is 6.43. The van der Waals surface area contributed by atoms with E-state index < -0.39 is 5.41 Å². The molecule has 1 aliphatic rings. The van der Waals surface area contributed by atoms with E-state index in [-0.39, 0.29) is 0 Å². The molecule has 0 atom stereocenters. The van der Waals surface area contributed by atoms with Crippen LogP contribution in [0.5, 0.6) is 0 Å². The fourth-order valence-electron chi connectivity index (χ4n) is 11.4. The topological polar surface area (TPSA) is 3.24 Å². The van der Waals surface area contributed by atoms with Gasteiger partial charge in [-0.05, 0) is 133 Å². The summed E-state index contributed by atoms with van der Waals surface area (Å²) in [5.74, 6) is 0. The van der Waals surface area contributed by atoms with E-state index in [4.69, 9.17) is 0 Å². The summed E-state index contributed by atoms with van der Waals surface area (Å²) < 4.78 is 5.30. The van der Waals surface area contributed by atoms with Crippen molar-refractivity contribution in [2.24, 2.45) is 0 Å².